The highest BCUT2D eigenvalue weighted by Gasteiger charge is 2.67. The molecule has 3 fully saturated rings. The van der Waals surface area contributed by atoms with Crippen molar-refractivity contribution in [2.75, 3.05) is 0 Å². The molecule has 2 nitrogen and oxygen atoms in total. The molecule has 4 aliphatic rings. The average molecular weight is 455 g/mol. The predicted octanol–water partition coefficient (Wildman–Crippen LogP) is 8.53. The lowest BCUT2D eigenvalue weighted by atomic mass is 9.39. The number of ketones is 1. The second-order valence-corrected chi connectivity index (χ2v) is 14.1. The van der Waals surface area contributed by atoms with Gasteiger partial charge in [-0.1, -0.05) is 67.5 Å². The Morgan fingerprint density at radius 1 is 1.00 bits per heavy atom. The molecule has 0 aromatic rings. The zero-order valence-electron chi connectivity index (χ0n) is 22.8. The maximum atomic E-state index is 12.8. The summed E-state index contributed by atoms with van der Waals surface area (Å²) >= 11 is 0. The monoisotopic (exact) mass is 454 g/mol. The number of aliphatic hydroxyl groups excluding tert-OH is 1. The molecule has 0 saturated heterocycles. The molecule has 0 amide bonds. The van der Waals surface area contributed by atoms with Crippen LogP contribution in [0.3, 0.4) is 0 Å². The van der Waals surface area contributed by atoms with Crippen molar-refractivity contribution in [2.24, 2.45) is 57.2 Å². The van der Waals surface area contributed by atoms with Crippen LogP contribution in [0.15, 0.2) is 24.0 Å². The van der Waals surface area contributed by atoms with Gasteiger partial charge in [0.15, 0.2) is 5.76 Å². The fourth-order valence-electron chi connectivity index (χ4n) is 9.85. The van der Waals surface area contributed by atoms with Crippen LogP contribution in [-0.4, -0.2) is 10.9 Å². The highest BCUT2D eigenvalue weighted by Crippen LogP contribution is 2.74. The predicted molar refractivity (Wildman–Crippen MR) is 138 cm³/mol. The number of fused-ring (bicyclic) bond motifs is 5. The second kappa shape index (κ2) is 7.99. The van der Waals surface area contributed by atoms with Crippen LogP contribution in [0, 0.1) is 57.2 Å². The van der Waals surface area contributed by atoms with Crippen molar-refractivity contribution in [1.29, 1.82) is 0 Å². The molecule has 0 aromatic heterocycles. The van der Waals surface area contributed by atoms with E-state index in [9.17, 15) is 9.90 Å². The van der Waals surface area contributed by atoms with Crippen LogP contribution in [0.5, 0.6) is 0 Å². The standard InChI is InChI=1S/C31H50O2/c1-19(2)20(3)10-11-21(4)22-14-16-31(9)24-12-13-26-28(5,6)27(33)25(32)18-29(26,7)23(24)15-17-30(22,31)8/h18-19,21-24,26,32H,3,10-17H2,1-2,4-9H3/t21-,22-,23+,24-,26-,29-,30-,31+/m1/s1. The van der Waals surface area contributed by atoms with Gasteiger partial charge in [0.2, 0.25) is 5.78 Å². The lowest BCUT2D eigenvalue weighted by molar-refractivity contribution is -0.163. The van der Waals surface area contributed by atoms with Crippen LogP contribution in [0.25, 0.3) is 0 Å². The fourth-order valence-corrected chi connectivity index (χ4v) is 9.85. The Balaban J connectivity index is 1.61. The van der Waals surface area contributed by atoms with Gasteiger partial charge in [-0.15, -0.1) is 0 Å². The van der Waals surface area contributed by atoms with E-state index >= 15 is 0 Å². The first kappa shape index (κ1) is 25.1. The lowest BCUT2D eigenvalue weighted by Gasteiger charge is -2.65. The molecular weight excluding hydrogens is 404 g/mol. The molecule has 0 unspecified atom stereocenters. The van der Waals surface area contributed by atoms with Crippen molar-refractivity contribution in [3.8, 4) is 0 Å². The molecule has 3 saturated carbocycles. The van der Waals surface area contributed by atoms with E-state index in [0.717, 1.165) is 18.3 Å². The first-order valence-corrected chi connectivity index (χ1v) is 13.8. The lowest BCUT2D eigenvalue weighted by Crippen LogP contribution is -2.60. The Bertz CT molecular complexity index is 849. The van der Waals surface area contributed by atoms with Gasteiger partial charge < -0.3 is 5.11 Å². The van der Waals surface area contributed by atoms with Crippen molar-refractivity contribution in [3.05, 3.63) is 24.0 Å². The Morgan fingerprint density at radius 3 is 2.27 bits per heavy atom. The fraction of sp³-hybridized carbons (Fsp3) is 0.839. The van der Waals surface area contributed by atoms with Crippen molar-refractivity contribution in [1.82, 2.24) is 0 Å². The number of allylic oxidation sites excluding steroid dienone is 3. The summed E-state index contributed by atoms with van der Waals surface area (Å²) in [7, 11) is 0. The van der Waals surface area contributed by atoms with Gasteiger partial charge in [-0.25, -0.2) is 0 Å². The highest BCUT2D eigenvalue weighted by atomic mass is 16.3. The van der Waals surface area contributed by atoms with Crippen LogP contribution in [0.4, 0.5) is 0 Å². The number of carbonyl (C=O) groups is 1. The third kappa shape index (κ3) is 3.43. The molecule has 0 radical (unpaired) electrons. The topological polar surface area (TPSA) is 37.3 Å². The molecule has 33 heavy (non-hydrogen) atoms. The number of carbonyl (C=O) groups excluding carboxylic acids is 1. The summed E-state index contributed by atoms with van der Waals surface area (Å²) in [4.78, 5) is 12.8. The van der Waals surface area contributed by atoms with Gasteiger partial charge in [0.05, 0.1) is 0 Å². The summed E-state index contributed by atoms with van der Waals surface area (Å²) in [6.45, 7) is 23.2. The van der Waals surface area contributed by atoms with E-state index in [-0.39, 0.29) is 17.0 Å². The molecule has 4 rings (SSSR count). The van der Waals surface area contributed by atoms with Gasteiger partial charge in [-0.05, 0) is 109 Å². The van der Waals surface area contributed by atoms with E-state index in [1.54, 1.807) is 0 Å². The highest BCUT2D eigenvalue weighted by molar-refractivity contribution is 5.98. The van der Waals surface area contributed by atoms with Gasteiger partial charge in [-0.3, -0.25) is 4.79 Å². The summed E-state index contributed by atoms with van der Waals surface area (Å²) in [6.07, 6.45) is 12.0. The maximum Gasteiger partial charge on any atom is 0.202 e. The average Bonchev–Trinajstić information content (AvgIpc) is 3.01. The molecule has 2 heteroatoms. The van der Waals surface area contributed by atoms with Crippen molar-refractivity contribution in [3.63, 3.8) is 0 Å². The summed E-state index contributed by atoms with van der Waals surface area (Å²) < 4.78 is 0. The van der Waals surface area contributed by atoms with Crippen LogP contribution in [0.1, 0.15) is 107 Å². The van der Waals surface area contributed by atoms with Gasteiger partial charge >= 0.3 is 0 Å². The molecule has 186 valence electrons. The molecule has 0 aromatic carbocycles. The zero-order chi connectivity index (χ0) is 24.6. The smallest absolute Gasteiger partial charge is 0.202 e. The minimum Gasteiger partial charge on any atom is -0.505 e. The van der Waals surface area contributed by atoms with Crippen LogP contribution < -0.4 is 0 Å². The molecular formula is C31H50O2. The van der Waals surface area contributed by atoms with Crippen molar-refractivity contribution < 1.29 is 9.90 Å². The van der Waals surface area contributed by atoms with Gasteiger partial charge in [0.1, 0.15) is 0 Å². The number of rotatable bonds is 5. The first-order chi connectivity index (χ1) is 15.2. The molecule has 4 aliphatic carbocycles. The van der Waals surface area contributed by atoms with Gasteiger partial charge in [0.25, 0.3) is 0 Å². The Hall–Kier alpha value is -1.05. The van der Waals surface area contributed by atoms with Gasteiger partial charge in [0, 0.05) is 5.41 Å². The number of hydrogen-bond donors (Lipinski definition) is 1. The Kier molecular flexibility index (Phi) is 6.07. The zero-order valence-corrected chi connectivity index (χ0v) is 22.8. The van der Waals surface area contributed by atoms with E-state index in [2.05, 4.69) is 62.0 Å². The van der Waals surface area contributed by atoms with Crippen molar-refractivity contribution >= 4 is 5.78 Å². The van der Waals surface area contributed by atoms with Crippen LogP contribution in [-0.2, 0) is 4.79 Å². The Morgan fingerprint density at radius 2 is 1.64 bits per heavy atom. The molecule has 0 heterocycles. The summed E-state index contributed by atoms with van der Waals surface area (Å²) in [6, 6.07) is 0. The number of Topliss-reactive ketones (excluding diaryl/α,β-unsaturated/α-hetero) is 1. The number of aliphatic hydroxyl groups is 1. The largest absolute Gasteiger partial charge is 0.505 e. The first-order valence-electron chi connectivity index (χ1n) is 13.8. The van der Waals surface area contributed by atoms with E-state index in [4.69, 9.17) is 0 Å². The summed E-state index contributed by atoms with van der Waals surface area (Å²) in [5, 5.41) is 10.7. The molecule has 0 aliphatic heterocycles. The SMILES string of the molecule is C=C(CC[C@@H](C)[C@H]1CC[C@@]2(C)[C@@H]3CC[C@@H]4C(C)(C)C(=O)C(O)=C[C@]4(C)[C@H]3CC[C@]12C)C(C)C. The number of hydrogen-bond acceptors (Lipinski definition) is 2. The van der Waals surface area contributed by atoms with E-state index < -0.39 is 5.41 Å². The van der Waals surface area contributed by atoms with E-state index in [1.165, 1.54) is 50.5 Å². The van der Waals surface area contributed by atoms with E-state index in [1.807, 2.05) is 6.08 Å². The summed E-state index contributed by atoms with van der Waals surface area (Å²) in [5.41, 5.74) is 1.61. The Labute approximate surface area is 203 Å². The molecule has 0 bridgehead atoms. The third-order valence-corrected chi connectivity index (χ3v) is 12.3. The molecule has 1 N–H and O–H groups in total. The summed E-state index contributed by atoms with van der Waals surface area (Å²) in [5.74, 6) is 3.69. The molecule has 0 spiro atoms. The van der Waals surface area contributed by atoms with Gasteiger partial charge in [-0.2, -0.15) is 0 Å². The minimum atomic E-state index is -0.467. The second-order valence-electron chi connectivity index (χ2n) is 14.1. The van der Waals surface area contributed by atoms with Crippen LogP contribution in [0.2, 0.25) is 0 Å². The van der Waals surface area contributed by atoms with Crippen molar-refractivity contribution in [2.45, 2.75) is 107 Å². The normalized spacial score (nSPS) is 45.1. The molecule has 8 atom stereocenters. The van der Waals surface area contributed by atoms with Crippen LogP contribution >= 0.6 is 0 Å². The minimum absolute atomic E-state index is 0.0289. The quantitative estimate of drug-likeness (QED) is 0.423. The maximum absolute atomic E-state index is 12.8. The third-order valence-electron chi connectivity index (χ3n) is 12.3. The van der Waals surface area contributed by atoms with E-state index in [0.29, 0.717) is 34.5 Å².